The first-order valence-corrected chi connectivity index (χ1v) is 21.0. The Morgan fingerprint density at radius 2 is 0.547 bits per heavy atom. The highest BCUT2D eigenvalue weighted by Crippen LogP contribution is 2.41. The molecule has 0 spiro atoms. The van der Waals surface area contributed by atoms with E-state index in [-0.39, 0.29) is 0 Å². The Kier molecular flexibility index (Phi) is 15.3. The van der Waals surface area contributed by atoms with Crippen molar-refractivity contribution in [1.82, 2.24) is 0 Å². The molecule has 0 aliphatic heterocycles. The zero-order valence-corrected chi connectivity index (χ0v) is 37.4. The lowest BCUT2D eigenvalue weighted by Crippen LogP contribution is -2.75. The molecule has 6 aromatic carbocycles. The number of hydrogen-bond acceptors (Lipinski definition) is 1. The maximum absolute atomic E-state index is 14.2. The van der Waals surface area contributed by atoms with E-state index in [1.807, 2.05) is 6.07 Å². The van der Waals surface area contributed by atoms with Crippen molar-refractivity contribution in [2.24, 2.45) is 0 Å². The van der Waals surface area contributed by atoms with Gasteiger partial charge in [-0.25, -0.2) is 0 Å². The van der Waals surface area contributed by atoms with Crippen LogP contribution in [0.1, 0.15) is 50.1 Å². The van der Waals surface area contributed by atoms with Crippen molar-refractivity contribution < 1.29 is 110 Å². The van der Waals surface area contributed by atoms with Gasteiger partial charge in [0, 0.05) is 17.0 Å². The van der Waals surface area contributed by atoms with Crippen molar-refractivity contribution in [3.8, 4) is 0 Å². The molecule has 0 aliphatic carbocycles. The Hall–Kier alpha value is -6.54. The van der Waals surface area contributed by atoms with E-state index in [9.17, 15) is 105 Å². The largest absolute Gasteiger partial charge is 0.416 e. The third kappa shape index (κ3) is 13.1. The number of fused-ring (bicyclic) bond motifs is 1. The van der Waals surface area contributed by atoms with Crippen LogP contribution in [0.5, 0.6) is 0 Å². The van der Waals surface area contributed by atoms with Gasteiger partial charge in [0.05, 0.1) is 44.5 Å². The Balaban J connectivity index is 0.000000421. The summed E-state index contributed by atoms with van der Waals surface area (Å²) in [5, 5.41) is 3.45. The van der Waals surface area contributed by atoms with Crippen LogP contribution in [0.2, 0.25) is 0 Å². The van der Waals surface area contributed by atoms with Crippen LogP contribution < -0.4 is 26.4 Å². The number of rotatable bonds is 6. The van der Waals surface area contributed by atoms with Crippen LogP contribution in [0, 0.1) is 0 Å². The van der Waals surface area contributed by atoms with Gasteiger partial charge in [0.2, 0.25) is 5.03 Å². The molecule has 0 N–H and O–H groups in total. The molecule has 0 saturated heterocycles. The Bertz CT molecular complexity index is 2760. The molecule has 0 bridgehead atoms. The van der Waals surface area contributed by atoms with Crippen LogP contribution in [-0.4, -0.2) is 6.15 Å². The Morgan fingerprint density at radius 1 is 0.307 bits per heavy atom. The number of hydrogen-bond donors (Lipinski definition) is 1. The van der Waals surface area contributed by atoms with E-state index in [4.69, 9.17) is 0 Å². The predicted octanol–water partition coefficient (Wildman–Crippen LogP) is 14.7. The van der Waals surface area contributed by atoms with Crippen LogP contribution in [0.4, 0.5) is 105 Å². The van der Waals surface area contributed by atoms with Crippen molar-refractivity contribution in [3.63, 3.8) is 0 Å². The lowest BCUT2D eigenvalue weighted by atomic mass is 9.12. The lowest BCUT2D eigenvalue weighted by molar-refractivity contribution is -0.723. The van der Waals surface area contributed by atoms with Crippen LogP contribution in [0.3, 0.4) is 0 Å². The Labute approximate surface area is 411 Å². The molecule has 1 nitrogen and oxygen atoms in total. The fourth-order valence-electron chi connectivity index (χ4n) is 8.19. The maximum atomic E-state index is 14.2. The van der Waals surface area contributed by atoms with E-state index in [1.54, 1.807) is 0 Å². The molecule has 0 aliphatic rings. The average Bonchev–Trinajstić information content (AvgIpc) is 3.27. The highest BCUT2D eigenvalue weighted by molar-refractivity contribution is 7.80. The van der Waals surface area contributed by atoms with Crippen molar-refractivity contribution in [3.05, 3.63) is 190 Å². The second kappa shape index (κ2) is 19.9. The fraction of sp³-hybridized carbons (Fsp3) is 0.188. The van der Waals surface area contributed by atoms with Crippen molar-refractivity contribution >= 4 is 51.4 Å². The van der Waals surface area contributed by atoms with E-state index in [1.165, 1.54) is 16.3 Å². The van der Waals surface area contributed by atoms with E-state index in [0.29, 0.717) is 0 Å². The second-order valence-electron chi connectivity index (χ2n) is 16.6. The van der Waals surface area contributed by atoms with E-state index >= 15 is 0 Å². The lowest BCUT2D eigenvalue weighted by Gasteiger charge is -2.46. The minimum absolute atomic E-state index is 0.691. The molecule has 0 radical (unpaired) electrons. The fourth-order valence-corrected chi connectivity index (χ4v) is 8.46. The van der Waals surface area contributed by atoms with E-state index in [0.717, 1.165) is 11.6 Å². The molecule has 0 amide bonds. The van der Waals surface area contributed by atoms with Crippen molar-refractivity contribution in [2.45, 2.75) is 61.0 Å². The summed E-state index contributed by atoms with van der Waals surface area (Å²) in [5.41, 5.74) is -28.9. The topological polar surface area (TPSA) is 3.88 Å². The summed E-state index contributed by atoms with van der Waals surface area (Å²) in [7, 11) is 0. The molecule has 7 aromatic rings. The monoisotopic (exact) mass is 1120 g/mol. The third-order valence-electron chi connectivity index (χ3n) is 11.5. The highest BCUT2D eigenvalue weighted by Gasteiger charge is 2.47. The number of nitrogens with zero attached hydrogens (tertiary/aromatic N) is 1. The van der Waals surface area contributed by atoms with Gasteiger partial charge in [0.25, 0.3) is 0 Å². The first kappa shape index (κ1) is 57.7. The zero-order valence-electron chi connectivity index (χ0n) is 36.5. The summed E-state index contributed by atoms with van der Waals surface area (Å²) in [6, 6.07) is 12.1. The summed E-state index contributed by atoms with van der Waals surface area (Å²) in [6.45, 7) is 0.852. The maximum Gasteiger partial charge on any atom is 0.416 e. The summed E-state index contributed by atoms with van der Waals surface area (Å²) in [5.74, 6) is 0. The summed E-state index contributed by atoms with van der Waals surface area (Å²) >= 11 is 4.57. The quantitative estimate of drug-likeness (QED) is 0.0732. The van der Waals surface area contributed by atoms with Crippen molar-refractivity contribution in [2.75, 3.05) is 0 Å². The van der Waals surface area contributed by atoms with Gasteiger partial charge in [-0.1, -0.05) is 110 Å². The van der Waals surface area contributed by atoms with Crippen LogP contribution >= 0.6 is 12.6 Å². The normalized spacial score (nSPS) is 13.5. The molecule has 27 heteroatoms. The van der Waals surface area contributed by atoms with Gasteiger partial charge < -0.3 is 0 Å². The number of halogens is 24. The second-order valence-corrected chi connectivity index (χ2v) is 17.1. The molecule has 1 heterocycles. The predicted molar refractivity (Wildman–Crippen MR) is 227 cm³/mol. The molecule has 0 fully saturated rings. The van der Waals surface area contributed by atoms with Crippen molar-refractivity contribution in [1.29, 1.82) is 0 Å². The zero-order chi connectivity index (χ0) is 56.3. The molecule has 0 saturated carbocycles. The molecule has 1 aromatic heterocycles. The number of alkyl halides is 24. The smallest absolute Gasteiger partial charge is 0.194 e. The van der Waals surface area contributed by atoms with Gasteiger partial charge in [0.1, 0.15) is 6.15 Å². The van der Waals surface area contributed by atoms with Gasteiger partial charge in [0.15, 0.2) is 12.7 Å². The van der Waals surface area contributed by atoms with Gasteiger partial charge in [-0.15, -0.1) is 0 Å². The molecule has 0 unspecified atom stereocenters. The molecule has 400 valence electrons. The van der Waals surface area contributed by atoms with Crippen LogP contribution in [0.15, 0.2) is 145 Å². The summed E-state index contributed by atoms with van der Waals surface area (Å²) < 4.78 is 343. The number of aromatic nitrogens is 1. The standard InChI is InChI=1S/C32H12BF24.C16H13NS/c34-25(35,36)13-1-14(26(37,38)39)6-21(5-13)33(22-7-15(27(40,41)42)2-16(8-22)28(43,44)45,23-9-17(29(46,47)48)3-18(10-23)30(49,50)51)24-11-19(31(52,53)54)4-20(12-24)32(55,56)57;18-16-10-14-8-4-5-9-15(14)12-17(16)11-13-6-2-1-3-7-13/h1-12H;1-10,12H,11H2/q-1;/p+1. The van der Waals surface area contributed by atoms with Gasteiger partial charge in [-0.2, -0.15) is 132 Å². The van der Waals surface area contributed by atoms with E-state index < -0.39 is 195 Å². The minimum Gasteiger partial charge on any atom is -0.194 e. The van der Waals surface area contributed by atoms with E-state index in [2.05, 4.69) is 78.0 Å². The molecule has 7 rings (SSSR count). The number of benzene rings is 6. The first-order valence-electron chi connectivity index (χ1n) is 20.6. The van der Waals surface area contributed by atoms with Gasteiger partial charge in [-0.3, -0.25) is 0 Å². The van der Waals surface area contributed by atoms with Crippen LogP contribution in [0.25, 0.3) is 10.8 Å². The van der Waals surface area contributed by atoms with Gasteiger partial charge in [-0.05, 0) is 35.7 Å². The summed E-state index contributed by atoms with van der Waals surface area (Å²) in [4.78, 5) is 0. The number of thiol groups is 1. The van der Waals surface area contributed by atoms with Gasteiger partial charge >= 0.3 is 49.4 Å². The summed E-state index contributed by atoms with van der Waals surface area (Å²) in [6.07, 6.45) is -52.6. The molecular formula is C48H26BF24NS. The molecule has 0 atom stereocenters. The van der Waals surface area contributed by atoms with Crippen LogP contribution in [-0.2, 0) is 56.0 Å². The molecular weight excluding hydrogens is 1090 g/mol. The minimum atomic E-state index is -6.13. The average molecular weight is 1120 g/mol. The first-order chi connectivity index (χ1) is 34.1. The Morgan fingerprint density at radius 3 is 0.800 bits per heavy atom. The highest BCUT2D eigenvalue weighted by atomic mass is 32.1. The molecule has 75 heavy (non-hydrogen) atoms. The third-order valence-corrected chi connectivity index (χ3v) is 11.9. The SMILES string of the molecule is FC(F)(F)c1cc([B-](c2cc(C(F)(F)F)cc(C(F)(F)F)c2)(c2cc(C(F)(F)F)cc(C(F)(F)F)c2)c2cc(C(F)(F)F)cc(C(F)(F)F)c2)cc(C(F)(F)F)c1.Sc1cc2ccccc2c[n+]1Cc1ccccc1. The number of pyridine rings is 1.